The highest BCUT2D eigenvalue weighted by atomic mass is 28.4. The van der Waals surface area contributed by atoms with Gasteiger partial charge in [-0.2, -0.15) is 0 Å². The summed E-state index contributed by atoms with van der Waals surface area (Å²) in [4.78, 5) is 36.5. The predicted molar refractivity (Wildman–Crippen MR) is 101 cm³/mol. The first-order chi connectivity index (χ1) is 12.2. The van der Waals surface area contributed by atoms with Crippen molar-refractivity contribution in [2.24, 2.45) is 0 Å². The van der Waals surface area contributed by atoms with Gasteiger partial charge >= 0.3 is 11.9 Å². The fraction of sp³-hybridized carbons (Fsp3) is 0.833. The number of carbonyl (C=O) groups excluding carboxylic acids is 3. The maximum atomic E-state index is 12.2. The van der Waals surface area contributed by atoms with E-state index in [9.17, 15) is 19.5 Å². The Morgan fingerprint density at radius 3 is 2.04 bits per heavy atom. The number of β-amino-alcohol motifs (C(OH)–C–C–N with tert-alkyl or cyclic N) is 1. The smallest absolute Gasteiger partial charge is 0.303 e. The highest BCUT2D eigenvalue weighted by molar-refractivity contribution is 6.74. The quantitative estimate of drug-likeness (QED) is 0.548. The summed E-state index contributed by atoms with van der Waals surface area (Å²) in [5.74, 6) is -1.32. The molecule has 1 rings (SSSR count). The summed E-state index contributed by atoms with van der Waals surface area (Å²) in [6.45, 7) is 14.0. The topological polar surface area (TPSA) is 102 Å². The van der Waals surface area contributed by atoms with Crippen LogP contribution in [0.2, 0.25) is 18.1 Å². The first-order valence-corrected chi connectivity index (χ1v) is 12.0. The number of hydrogen-bond acceptors (Lipinski definition) is 7. The molecule has 1 saturated heterocycles. The molecule has 0 aliphatic carbocycles. The second kappa shape index (κ2) is 8.70. The minimum absolute atomic E-state index is 0.0312. The molecule has 1 amide bonds. The SMILES string of the molecule is CC(=O)OC[C@@H]1[C@@H](O[Si](C)(C)C(C)(C)C)[C@H](OC(C)=O)[C@H](O)CN1C(C)=O. The Kier molecular flexibility index (Phi) is 7.60. The summed E-state index contributed by atoms with van der Waals surface area (Å²) in [7, 11) is -2.36. The van der Waals surface area contributed by atoms with Gasteiger partial charge in [0.05, 0.1) is 12.6 Å². The Morgan fingerprint density at radius 1 is 1.07 bits per heavy atom. The van der Waals surface area contributed by atoms with Crippen LogP contribution in [0.25, 0.3) is 0 Å². The second-order valence-electron chi connectivity index (χ2n) is 8.53. The summed E-state index contributed by atoms with van der Waals surface area (Å²) in [5.41, 5.74) is 0. The molecule has 1 heterocycles. The monoisotopic (exact) mass is 403 g/mol. The highest BCUT2D eigenvalue weighted by Gasteiger charge is 2.51. The highest BCUT2D eigenvalue weighted by Crippen LogP contribution is 2.39. The number of rotatable bonds is 5. The lowest BCUT2D eigenvalue weighted by Gasteiger charge is -2.50. The van der Waals surface area contributed by atoms with Crippen LogP contribution < -0.4 is 0 Å². The third kappa shape index (κ3) is 6.02. The van der Waals surface area contributed by atoms with Crippen LogP contribution in [0.5, 0.6) is 0 Å². The van der Waals surface area contributed by atoms with Crippen molar-refractivity contribution in [3.8, 4) is 0 Å². The van der Waals surface area contributed by atoms with E-state index in [1.165, 1.54) is 25.7 Å². The Balaban J connectivity index is 3.33. The average Bonchev–Trinajstić information content (AvgIpc) is 2.47. The van der Waals surface area contributed by atoms with E-state index in [4.69, 9.17) is 13.9 Å². The molecule has 0 aromatic rings. The fourth-order valence-electron chi connectivity index (χ4n) is 2.81. The van der Waals surface area contributed by atoms with Gasteiger partial charge in [0.2, 0.25) is 5.91 Å². The summed E-state index contributed by atoms with van der Waals surface area (Å²) in [6.07, 6.45) is -2.85. The van der Waals surface area contributed by atoms with E-state index >= 15 is 0 Å². The molecule has 1 N–H and O–H groups in total. The van der Waals surface area contributed by atoms with E-state index in [1.54, 1.807) is 0 Å². The summed E-state index contributed by atoms with van der Waals surface area (Å²) in [6, 6.07) is -0.659. The Bertz CT molecular complexity index is 573. The maximum absolute atomic E-state index is 12.2. The third-order valence-electron chi connectivity index (χ3n) is 5.27. The molecular weight excluding hydrogens is 370 g/mol. The molecule has 0 saturated carbocycles. The van der Waals surface area contributed by atoms with Gasteiger partial charge in [0.1, 0.15) is 18.8 Å². The van der Waals surface area contributed by atoms with Crippen LogP contribution >= 0.6 is 0 Å². The van der Waals surface area contributed by atoms with Crippen molar-refractivity contribution in [1.29, 1.82) is 0 Å². The Labute approximate surface area is 162 Å². The van der Waals surface area contributed by atoms with Crippen molar-refractivity contribution in [3.05, 3.63) is 0 Å². The number of aliphatic hydroxyl groups excluding tert-OH is 1. The van der Waals surface area contributed by atoms with Gasteiger partial charge in [0, 0.05) is 20.8 Å². The Hall–Kier alpha value is -1.45. The molecule has 0 bridgehead atoms. The van der Waals surface area contributed by atoms with Gasteiger partial charge in [-0.1, -0.05) is 20.8 Å². The van der Waals surface area contributed by atoms with Gasteiger partial charge < -0.3 is 23.9 Å². The molecular formula is C18H33NO7Si. The minimum Gasteiger partial charge on any atom is -0.464 e. The number of aliphatic hydroxyl groups is 1. The number of nitrogens with zero attached hydrogens (tertiary/aromatic N) is 1. The van der Waals surface area contributed by atoms with Crippen molar-refractivity contribution >= 4 is 26.2 Å². The molecule has 0 unspecified atom stereocenters. The number of hydrogen-bond donors (Lipinski definition) is 1. The van der Waals surface area contributed by atoms with Crippen LogP contribution in [0.4, 0.5) is 0 Å². The van der Waals surface area contributed by atoms with Crippen molar-refractivity contribution in [3.63, 3.8) is 0 Å². The lowest BCUT2D eigenvalue weighted by Crippen LogP contribution is -2.67. The second-order valence-corrected chi connectivity index (χ2v) is 13.3. The largest absolute Gasteiger partial charge is 0.464 e. The summed E-state index contributed by atoms with van der Waals surface area (Å²) < 4.78 is 17.0. The number of carbonyl (C=O) groups is 3. The normalized spacial score (nSPS) is 26.5. The standard InChI is InChI=1S/C18H33NO7Si/c1-11(20)19-9-15(23)17(25-13(3)22)16(14(19)10-24-12(2)21)26-27(7,8)18(4,5)6/h14-17,23H,9-10H2,1-8H3/t14-,15-,16-,17-/m1/s1. The van der Waals surface area contributed by atoms with Crippen molar-refractivity contribution in [1.82, 2.24) is 4.90 Å². The Morgan fingerprint density at radius 2 is 1.63 bits per heavy atom. The van der Waals surface area contributed by atoms with E-state index in [-0.39, 0.29) is 24.1 Å². The van der Waals surface area contributed by atoms with E-state index < -0.39 is 44.6 Å². The first kappa shape index (κ1) is 23.6. The molecule has 8 nitrogen and oxygen atoms in total. The van der Waals surface area contributed by atoms with Gasteiger partial charge in [-0.25, -0.2) is 0 Å². The molecule has 0 radical (unpaired) electrons. The minimum atomic E-state index is -2.36. The average molecular weight is 404 g/mol. The molecule has 9 heteroatoms. The van der Waals surface area contributed by atoms with Gasteiger partial charge in [-0.15, -0.1) is 0 Å². The zero-order valence-corrected chi connectivity index (χ0v) is 18.6. The lowest BCUT2D eigenvalue weighted by molar-refractivity contribution is -0.187. The third-order valence-corrected chi connectivity index (χ3v) is 9.74. The number of amides is 1. The van der Waals surface area contributed by atoms with Crippen molar-refractivity contribution in [2.75, 3.05) is 13.2 Å². The fourth-order valence-corrected chi connectivity index (χ4v) is 4.13. The number of esters is 2. The van der Waals surface area contributed by atoms with Gasteiger partial charge in [-0.05, 0) is 18.1 Å². The van der Waals surface area contributed by atoms with Crippen LogP contribution in [0.1, 0.15) is 41.5 Å². The van der Waals surface area contributed by atoms with E-state index in [1.807, 2.05) is 13.1 Å². The number of ether oxygens (including phenoxy) is 2. The first-order valence-electron chi connectivity index (χ1n) is 9.11. The molecule has 0 aromatic carbocycles. The molecule has 1 aliphatic heterocycles. The molecule has 4 atom stereocenters. The van der Waals surface area contributed by atoms with Crippen molar-refractivity contribution < 1.29 is 33.4 Å². The van der Waals surface area contributed by atoms with Crippen LogP contribution in [-0.2, 0) is 28.3 Å². The number of likely N-dealkylation sites (tertiary alicyclic amines) is 1. The predicted octanol–water partition coefficient (Wildman–Crippen LogP) is 1.46. The van der Waals surface area contributed by atoms with Crippen LogP contribution in [-0.4, -0.2) is 73.7 Å². The lowest BCUT2D eigenvalue weighted by atomic mass is 9.94. The van der Waals surface area contributed by atoms with Crippen LogP contribution in [0.3, 0.4) is 0 Å². The molecule has 0 spiro atoms. The van der Waals surface area contributed by atoms with Crippen LogP contribution in [0.15, 0.2) is 0 Å². The molecule has 0 aromatic heterocycles. The molecule has 156 valence electrons. The molecule has 1 fully saturated rings. The number of piperidine rings is 1. The maximum Gasteiger partial charge on any atom is 0.303 e. The van der Waals surface area contributed by atoms with Crippen molar-refractivity contribution in [2.45, 2.75) is 84.0 Å². The van der Waals surface area contributed by atoms with E-state index in [0.717, 1.165) is 0 Å². The van der Waals surface area contributed by atoms with E-state index in [0.29, 0.717) is 0 Å². The summed E-state index contributed by atoms with van der Waals surface area (Å²) in [5, 5.41) is 10.4. The summed E-state index contributed by atoms with van der Waals surface area (Å²) >= 11 is 0. The van der Waals surface area contributed by atoms with Gasteiger partial charge in [-0.3, -0.25) is 14.4 Å². The molecule has 1 aliphatic rings. The van der Waals surface area contributed by atoms with Gasteiger partial charge in [0.25, 0.3) is 0 Å². The van der Waals surface area contributed by atoms with Gasteiger partial charge in [0.15, 0.2) is 14.4 Å². The van der Waals surface area contributed by atoms with E-state index in [2.05, 4.69) is 20.8 Å². The zero-order chi connectivity index (χ0) is 21.2. The van der Waals surface area contributed by atoms with Crippen LogP contribution in [0, 0.1) is 0 Å². The zero-order valence-electron chi connectivity index (χ0n) is 17.6. The molecule has 27 heavy (non-hydrogen) atoms.